The van der Waals surface area contributed by atoms with Gasteiger partial charge in [-0.3, -0.25) is 9.59 Å². The Morgan fingerprint density at radius 2 is 1.89 bits per heavy atom. The van der Waals surface area contributed by atoms with Crippen LogP contribution in [0.5, 0.6) is 17.2 Å². The molecule has 28 heavy (non-hydrogen) atoms. The molecule has 0 aliphatic carbocycles. The molecule has 7 heteroatoms. The molecule has 0 aromatic heterocycles. The average molecular weight is 382 g/mol. The largest absolute Gasteiger partial charge is 0.493 e. The Labute approximate surface area is 163 Å². The number of para-hydroxylation sites is 1. The first-order valence-electron chi connectivity index (χ1n) is 8.77. The van der Waals surface area contributed by atoms with E-state index in [1.807, 2.05) is 0 Å². The SMILES string of the molecule is COc1cc(/C=C/C(=O)Nc2ccccc2C(=O)N(C)C)cc2c1OCCO2. The van der Waals surface area contributed by atoms with Crippen LogP contribution in [0.25, 0.3) is 6.08 Å². The summed E-state index contributed by atoms with van der Waals surface area (Å²) >= 11 is 0. The highest BCUT2D eigenvalue weighted by Crippen LogP contribution is 2.40. The Morgan fingerprint density at radius 3 is 2.64 bits per heavy atom. The maximum atomic E-state index is 12.4. The van der Waals surface area contributed by atoms with Crippen molar-refractivity contribution < 1.29 is 23.8 Å². The third-order valence-corrected chi connectivity index (χ3v) is 4.10. The number of carbonyl (C=O) groups excluding carboxylic acids is 2. The van der Waals surface area contributed by atoms with Crippen molar-refractivity contribution in [2.24, 2.45) is 0 Å². The molecule has 1 heterocycles. The second kappa shape index (κ2) is 8.47. The van der Waals surface area contributed by atoms with Gasteiger partial charge in [0.2, 0.25) is 11.7 Å². The molecular weight excluding hydrogens is 360 g/mol. The quantitative estimate of drug-likeness (QED) is 0.805. The first-order valence-corrected chi connectivity index (χ1v) is 8.77. The number of hydrogen-bond acceptors (Lipinski definition) is 5. The molecule has 0 saturated heterocycles. The van der Waals surface area contributed by atoms with Gasteiger partial charge < -0.3 is 24.4 Å². The molecule has 2 amide bonds. The van der Waals surface area contributed by atoms with Crippen LogP contribution in [0.15, 0.2) is 42.5 Å². The molecule has 0 saturated carbocycles. The minimum Gasteiger partial charge on any atom is -0.493 e. The molecule has 0 unspecified atom stereocenters. The van der Waals surface area contributed by atoms with Crippen molar-refractivity contribution in [3.63, 3.8) is 0 Å². The summed E-state index contributed by atoms with van der Waals surface area (Å²) in [5.41, 5.74) is 1.61. The van der Waals surface area contributed by atoms with Crippen LogP contribution in [0.1, 0.15) is 15.9 Å². The van der Waals surface area contributed by atoms with Gasteiger partial charge in [-0.2, -0.15) is 0 Å². The van der Waals surface area contributed by atoms with E-state index in [4.69, 9.17) is 14.2 Å². The first kappa shape index (κ1) is 19.3. The summed E-state index contributed by atoms with van der Waals surface area (Å²) < 4.78 is 16.5. The monoisotopic (exact) mass is 382 g/mol. The number of hydrogen-bond donors (Lipinski definition) is 1. The van der Waals surface area contributed by atoms with Gasteiger partial charge in [0.1, 0.15) is 13.2 Å². The molecule has 0 bridgehead atoms. The number of ether oxygens (including phenoxy) is 3. The van der Waals surface area contributed by atoms with Gasteiger partial charge in [0.15, 0.2) is 11.5 Å². The highest BCUT2D eigenvalue weighted by Gasteiger charge is 2.18. The third kappa shape index (κ3) is 4.25. The first-order chi connectivity index (χ1) is 13.5. The van der Waals surface area contributed by atoms with E-state index in [0.717, 1.165) is 5.56 Å². The van der Waals surface area contributed by atoms with Crippen molar-refractivity contribution in [1.29, 1.82) is 0 Å². The lowest BCUT2D eigenvalue weighted by Crippen LogP contribution is -2.23. The smallest absolute Gasteiger partial charge is 0.255 e. The van der Waals surface area contributed by atoms with Crippen LogP contribution in [0.2, 0.25) is 0 Å². The maximum Gasteiger partial charge on any atom is 0.255 e. The summed E-state index contributed by atoms with van der Waals surface area (Å²) in [7, 11) is 4.87. The van der Waals surface area contributed by atoms with Gasteiger partial charge in [0, 0.05) is 20.2 Å². The molecule has 1 N–H and O–H groups in total. The molecule has 7 nitrogen and oxygen atoms in total. The van der Waals surface area contributed by atoms with Crippen molar-refractivity contribution >= 4 is 23.6 Å². The number of fused-ring (bicyclic) bond motifs is 1. The van der Waals surface area contributed by atoms with Crippen LogP contribution in [0.3, 0.4) is 0 Å². The van der Waals surface area contributed by atoms with Crippen molar-refractivity contribution in [2.45, 2.75) is 0 Å². The topological polar surface area (TPSA) is 77.1 Å². The van der Waals surface area contributed by atoms with Gasteiger partial charge in [0.25, 0.3) is 5.91 Å². The summed E-state index contributed by atoms with van der Waals surface area (Å²) in [4.78, 5) is 26.1. The molecule has 146 valence electrons. The van der Waals surface area contributed by atoms with E-state index in [9.17, 15) is 9.59 Å². The number of rotatable bonds is 5. The molecule has 1 aliphatic heterocycles. The highest BCUT2D eigenvalue weighted by atomic mass is 16.6. The molecule has 3 rings (SSSR count). The van der Waals surface area contributed by atoms with Crippen LogP contribution in [-0.2, 0) is 4.79 Å². The van der Waals surface area contributed by atoms with Crippen LogP contribution < -0.4 is 19.5 Å². The van der Waals surface area contributed by atoms with E-state index in [1.54, 1.807) is 63.7 Å². The molecule has 0 atom stereocenters. The summed E-state index contributed by atoms with van der Waals surface area (Å²) in [6, 6.07) is 10.4. The fourth-order valence-corrected chi connectivity index (χ4v) is 2.76. The standard InChI is InChI=1S/C21H22N2O5/c1-23(2)21(25)15-6-4-5-7-16(15)22-19(24)9-8-14-12-17(26-3)20-18(13-14)27-10-11-28-20/h4-9,12-13H,10-11H2,1-3H3,(H,22,24)/b9-8+. The Hall–Kier alpha value is -3.48. The molecule has 0 spiro atoms. The lowest BCUT2D eigenvalue weighted by Gasteiger charge is -2.20. The molecule has 2 aromatic carbocycles. The van der Waals surface area contributed by atoms with E-state index < -0.39 is 0 Å². The minimum absolute atomic E-state index is 0.184. The van der Waals surface area contributed by atoms with Crippen molar-refractivity contribution in [2.75, 3.05) is 39.7 Å². The Morgan fingerprint density at radius 1 is 1.14 bits per heavy atom. The second-order valence-electron chi connectivity index (χ2n) is 6.32. The summed E-state index contributed by atoms with van der Waals surface area (Å²) in [6.45, 7) is 0.923. The van der Waals surface area contributed by atoms with E-state index in [1.165, 1.54) is 11.0 Å². The summed E-state index contributed by atoms with van der Waals surface area (Å²) in [5, 5.41) is 2.75. The van der Waals surface area contributed by atoms with E-state index in [2.05, 4.69) is 5.32 Å². The van der Waals surface area contributed by atoms with Gasteiger partial charge in [-0.25, -0.2) is 0 Å². The van der Waals surface area contributed by atoms with Crippen LogP contribution in [0, 0.1) is 0 Å². The number of methoxy groups -OCH3 is 1. The minimum atomic E-state index is -0.354. The molecule has 2 aromatic rings. The third-order valence-electron chi connectivity index (χ3n) is 4.10. The predicted octanol–water partition coefficient (Wildman–Crippen LogP) is 2.82. The van der Waals surface area contributed by atoms with Gasteiger partial charge in [-0.1, -0.05) is 12.1 Å². The lowest BCUT2D eigenvalue weighted by atomic mass is 10.1. The van der Waals surface area contributed by atoms with Crippen molar-refractivity contribution in [3.8, 4) is 17.2 Å². The number of anilines is 1. The van der Waals surface area contributed by atoms with Gasteiger partial charge in [0.05, 0.1) is 18.4 Å². The van der Waals surface area contributed by atoms with Crippen LogP contribution in [0.4, 0.5) is 5.69 Å². The van der Waals surface area contributed by atoms with E-state index in [0.29, 0.717) is 41.7 Å². The molecule has 0 radical (unpaired) electrons. The summed E-state index contributed by atoms with van der Waals surface area (Å²) in [5.74, 6) is 1.14. The molecule has 1 aliphatic rings. The second-order valence-corrected chi connectivity index (χ2v) is 6.32. The fraction of sp³-hybridized carbons (Fsp3) is 0.238. The fourth-order valence-electron chi connectivity index (χ4n) is 2.76. The highest BCUT2D eigenvalue weighted by molar-refractivity contribution is 6.07. The number of carbonyl (C=O) groups is 2. The zero-order chi connectivity index (χ0) is 20.1. The lowest BCUT2D eigenvalue weighted by molar-refractivity contribution is -0.111. The maximum absolute atomic E-state index is 12.4. The van der Waals surface area contributed by atoms with Gasteiger partial charge in [-0.05, 0) is 35.9 Å². The van der Waals surface area contributed by atoms with Crippen LogP contribution in [-0.4, -0.2) is 51.1 Å². The molecule has 0 fully saturated rings. The average Bonchev–Trinajstić information content (AvgIpc) is 2.71. The summed E-state index contributed by atoms with van der Waals surface area (Å²) in [6.07, 6.45) is 3.04. The number of amides is 2. The van der Waals surface area contributed by atoms with Gasteiger partial charge >= 0.3 is 0 Å². The Kier molecular flexibility index (Phi) is 5.84. The molecular formula is C21H22N2O5. The Bertz CT molecular complexity index is 904. The van der Waals surface area contributed by atoms with E-state index in [-0.39, 0.29) is 11.8 Å². The predicted molar refractivity (Wildman–Crippen MR) is 106 cm³/mol. The number of benzene rings is 2. The van der Waals surface area contributed by atoms with Crippen LogP contribution >= 0.6 is 0 Å². The van der Waals surface area contributed by atoms with Gasteiger partial charge in [-0.15, -0.1) is 0 Å². The van der Waals surface area contributed by atoms with Crippen molar-refractivity contribution in [1.82, 2.24) is 4.90 Å². The van der Waals surface area contributed by atoms with Crippen molar-refractivity contribution in [3.05, 3.63) is 53.6 Å². The Balaban J connectivity index is 1.77. The zero-order valence-electron chi connectivity index (χ0n) is 16.0. The normalized spacial score (nSPS) is 12.5. The number of nitrogens with one attached hydrogen (secondary N) is 1. The zero-order valence-corrected chi connectivity index (χ0v) is 16.0. The van der Waals surface area contributed by atoms with E-state index >= 15 is 0 Å². The number of nitrogens with zero attached hydrogens (tertiary/aromatic N) is 1.